The molecule has 0 heterocycles. The number of nitrogens with one attached hydrogen (secondary N) is 1. The third kappa shape index (κ3) is 4.65. The zero-order valence-corrected chi connectivity index (χ0v) is 12.1. The van der Waals surface area contributed by atoms with Gasteiger partial charge in [0.15, 0.2) is 0 Å². The Bertz CT molecular complexity index is 598. The van der Waals surface area contributed by atoms with Crippen LogP contribution >= 0.6 is 0 Å². The van der Waals surface area contributed by atoms with E-state index in [1.807, 2.05) is 6.92 Å². The van der Waals surface area contributed by atoms with Gasteiger partial charge in [-0.15, -0.1) is 4.83 Å². The SMILES string of the molecule is Cc1ccc(S(=O)(=O)NN(C)C)c(C#CCCO)c1. The second-order valence-corrected chi connectivity index (χ2v) is 5.89. The molecule has 5 nitrogen and oxygen atoms in total. The van der Waals surface area contributed by atoms with E-state index in [1.54, 1.807) is 26.2 Å². The molecule has 0 aliphatic rings. The summed E-state index contributed by atoms with van der Waals surface area (Å²) in [4.78, 5) is 2.51. The number of sulfonamides is 1. The van der Waals surface area contributed by atoms with Gasteiger partial charge < -0.3 is 5.11 Å². The van der Waals surface area contributed by atoms with Gasteiger partial charge in [-0.1, -0.05) is 17.9 Å². The maximum Gasteiger partial charge on any atom is 0.254 e. The summed E-state index contributed by atoms with van der Waals surface area (Å²) in [5, 5.41) is 10.1. The number of benzene rings is 1. The standard InChI is InChI=1S/C13H18N2O3S/c1-11-7-8-13(19(17,18)14-15(2)3)12(10-11)6-4-5-9-16/h7-8,10,14,16H,5,9H2,1-3H3. The summed E-state index contributed by atoms with van der Waals surface area (Å²) in [6, 6.07) is 4.97. The molecule has 1 rings (SSSR count). The highest BCUT2D eigenvalue weighted by molar-refractivity contribution is 7.89. The van der Waals surface area contributed by atoms with Gasteiger partial charge in [0.05, 0.1) is 11.5 Å². The minimum absolute atomic E-state index is 0.0448. The van der Waals surface area contributed by atoms with Crippen LogP contribution in [-0.2, 0) is 10.0 Å². The van der Waals surface area contributed by atoms with Gasteiger partial charge in [0.2, 0.25) is 0 Å². The number of aliphatic hydroxyl groups is 1. The van der Waals surface area contributed by atoms with Gasteiger partial charge in [-0.2, -0.15) is 0 Å². The van der Waals surface area contributed by atoms with E-state index in [4.69, 9.17) is 5.11 Å². The first-order valence-electron chi connectivity index (χ1n) is 5.77. The normalized spacial score (nSPS) is 11.2. The van der Waals surface area contributed by atoms with Gasteiger partial charge in [0, 0.05) is 26.1 Å². The molecule has 104 valence electrons. The zero-order valence-electron chi connectivity index (χ0n) is 11.3. The summed E-state index contributed by atoms with van der Waals surface area (Å²) in [5.41, 5.74) is 1.36. The number of aryl methyl sites for hydroxylation is 1. The maximum absolute atomic E-state index is 12.1. The molecule has 0 spiro atoms. The first-order chi connectivity index (χ1) is 8.86. The Hall–Kier alpha value is -1.39. The lowest BCUT2D eigenvalue weighted by Gasteiger charge is -2.13. The van der Waals surface area contributed by atoms with Crippen LogP contribution in [0.3, 0.4) is 0 Å². The van der Waals surface area contributed by atoms with Crippen LogP contribution < -0.4 is 4.83 Å². The second kappa shape index (κ2) is 6.68. The first kappa shape index (κ1) is 15.7. The number of nitrogens with zero attached hydrogens (tertiary/aromatic N) is 1. The fraction of sp³-hybridized carbons (Fsp3) is 0.385. The number of rotatable bonds is 4. The molecule has 0 saturated heterocycles. The van der Waals surface area contributed by atoms with Crippen LogP contribution in [0.1, 0.15) is 17.5 Å². The van der Waals surface area contributed by atoms with Crippen LogP contribution in [0.25, 0.3) is 0 Å². The fourth-order valence-electron chi connectivity index (χ4n) is 1.48. The molecule has 2 N–H and O–H groups in total. The van der Waals surface area contributed by atoms with Crippen molar-refractivity contribution >= 4 is 10.0 Å². The lowest BCUT2D eigenvalue weighted by molar-refractivity contribution is 0.305. The smallest absolute Gasteiger partial charge is 0.254 e. The van der Waals surface area contributed by atoms with E-state index in [0.29, 0.717) is 12.0 Å². The lowest BCUT2D eigenvalue weighted by atomic mass is 10.1. The topological polar surface area (TPSA) is 69.6 Å². The van der Waals surface area contributed by atoms with E-state index in [1.165, 1.54) is 11.1 Å². The molecule has 19 heavy (non-hydrogen) atoms. The van der Waals surface area contributed by atoms with Crippen molar-refractivity contribution in [3.8, 4) is 11.8 Å². The van der Waals surface area contributed by atoms with E-state index < -0.39 is 10.0 Å². The summed E-state index contributed by atoms with van der Waals surface area (Å²) in [6.07, 6.45) is 0.314. The Morgan fingerprint density at radius 1 is 1.37 bits per heavy atom. The highest BCUT2D eigenvalue weighted by Gasteiger charge is 2.18. The largest absolute Gasteiger partial charge is 0.395 e. The van der Waals surface area contributed by atoms with Crippen LogP contribution in [0, 0.1) is 18.8 Å². The Morgan fingerprint density at radius 3 is 2.63 bits per heavy atom. The highest BCUT2D eigenvalue weighted by Crippen LogP contribution is 2.16. The van der Waals surface area contributed by atoms with Crippen molar-refractivity contribution in [1.82, 2.24) is 9.84 Å². The molecular formula is C13H18N2O3S. The zero-order chi connectivity index (χ0) is 14.5. The molecule has 1 aromatic rings. The summed E-state index contributed by atoms with van der Waals surface area (Å²) < 4.78 is 24.3. The van der Waals surface area contributed by atoms with Gasteiger partial charge in [0.1, 0.15) is 0 Å². The van der Waals surface area contributed by atoms with Crippen molar-refractivity contribution in [1.29, 1.82) is 0 Å². The van der Waals surface area contributed by atoms with Crippen molar-refractivity contribution in [3.05, 3.63) is 29.3 Å². The van der Waals surface area contributed by atoms with E-state index in [9.17, 15) is 8.42 Å². The van der Waals surface area contributed by atoms with Gasteiger partial charge in [-0.05, 0) is 24.6 Å². The Kier molecular flexibility index (Phi) is 5.51. The summed E-state index contributed by atoms with van der Waals surface area (Å²) in [5.74, 6) is 5.53. The molecule has 0 aromatic heterocycles. The Labute approximate surface area is 114 Å². The molecule has 0 amide bonds. The van der Waals surface area contributed by atoms with Crippen molar-refractivity contribution in [2.45, 2.75) is 18.2 Å². The van der Waals surface area contributed by atoms with Crippen molar-refractivity contribution < 1.29 is 13.5 Å². The Morgan fingerprint density at radius 2 is 2.05 bits per heavy atom. The van der Waals surface area contributed by atoms with Crippen molar-refractivity contribution in [2.75, 3.05) is 20.7 Å². The number of hydrogen-bond acceptors (Lipinski definition) is 4. The van der Waals surface area contributed by atoms with Crippen LogP contribution in [0.4, 0.5) is 0 Å². The average molecular weight is 282 g/mol. The minimum atomic E-state index is -3.63. The van der Waals surface area contributed by atoms with Crippen LogP contribution in [0.2, 0.25) is 0 Å². The monoisotopic (exact) mass is 282 g/mol. The van der Waals surface area contributed by atoms with Gasteiger partial charge in [-0.3, -0.25) is 0 Å². The lowest BCUT2D eigenvalue weighted by Crippen LogP contribution is -2.36. The maximum atomic E-state index is 12.1. The molecule has 0 bridgehead atoms. The Balaban J connectivity index is 3.25. The molecule has 0 aliphatic carbocycles. The van der Waals surface area contributed by atoms with Crippen molar-refractivity contribution in [2.24, 2.45) is 0 Å². The third-order valence-electron chi connectivity index (χ3n) is 2.19. The fourth-order valence-corrected chi connectivity index (χ4v) is 2.70. The average Bonchev–Trinajstić information content (AvgIpc) is 2.27. The predicted molar refractivity (Wildman–Crippen MR) is 73.8 cm³/mol. The number of hydrogen-bond donors (Lipinski definition) is 2. The predicted octanol–water partition coefficient (Wildman–Crippen LogP) is 0.484. The van der Waals surface area contributed by atoms with Gasteiger partial charge in [-0.25, -0.2) is 13.4 Å². The third-order valence-corrected chi connectivity index (χ3v) is 3.73. The molecular weight excluding hydrogens is 264 g/mol. The number of aliphatic hydroxyl groups excluding tert-OH is 1. The molecule has 0 fully saturated rings. The van der Waals surface area contributed by atoms with Crippen LogP contribution in [0.5, 0.6) is 0 Å². The van der Waals surface area contributed by atoms with Crippen molar-refractivity contribution in [3.63, 3.8) is 0 Å². The minimum Gasteiger partial charge on any atom is -0.395 e. The number of hydrazine groups is 1. The highest BCUT2D eigenvalue weighted by atomic mass is 32.2. The van der Waals surface area contributed by atoms with E-state index >= 15 is 0 Å². The molecule has 1 aromatic carbocycles. The summed E-state index contributed by atoms with van der Waals surface area (Å²) >= 11 is 0. The molecule has 0 radical (unpaired) electrons. The summed E-state index contributed by atoms with van der Waals surface area (Å²) in [6.45, 7) is 1.82. The molecule has 0 aliphatic heterocycles. The van der Waals surface area contributed by atoms with E-state index in [0.717, 1.165) is 5.56 Å². The molecule has 0 unspecified atom stereocenters. The summed E-state index contributed by atoms with van der Waals surface area (Å²) in [7, 11) is -0.433. The first-order valence-corrected chi connectivity index (χ1v) is 7.25. The van der Waals surface area contributed by atoms with Gasteiger partial charge >= 0.3 is 0 Å². The molecule has 6 heteroatoms. The van der Waals surface area contributed by atoms with E-state index in [2.05, 4.69) is 16.7 Å². The molecule has 0 atom stereocenters. The van der Waals surface area contributed by atoms with Gasteiger partial charge in [0.25, 0.3) is 10.0 Å². The quantitative estimate of drug-likeness (QED) is 0.623. The molecule has 0 saturated carbocycles. The van der Waals surface area contributed by atoms with Crippen LogP contribution in [0.15, 0.2) is 23.1 Å². The van der Waals surface area contributed by atoms with E-state index in [-0.39, 0.29) is 11.5 Å². The van der Waals surface area contributed by atoms with Crippen LogP contribution in [-0.4, -0.2) is 39.2 Å². The second-order valence-electron chi connectivity index (χ2n) is 4.26.